The Balaban J connectivity index is 2.33. The molecule has 3 heteroatoms. The lowest BCUT2D eigenvalue weighted by molar-refractivity contribution is -0.119. The number of primary amides is 1. The van der Waals surface area contributed by atoms with Gasteiger partial charge in [-0.15, -0.1) is 0 Å². The molecular weight excluding hydrogens is 182 g/mol. The fraction of sp³-hybridized carbons (Fsp3) is 0.833. The summed E-state index contributed by atoms with van der Waals surface area (Å²) < 4.78 is 0. The SMILES string of the molecule is NC(=O)CC1(CBr)CC1. The maximum Gasteiger partial charge on any atom is 0.218 e. The van der Waals surface area contributed by atoms with E-state index in [2.05, 4.69) is 15.9 Å². The number of hydrogen-bond acceptors (Lipinski definition) is 1. The first-order valence-corrected chi connectivity index (χ1v) is 4.15. The van der Waals surface area contributed by atoms with Gasteiger partial charge in [0.15, 0.2) is 0 Å². The first-order valence-electron chi connectivity index (χ1n) is 3.03. The Hall–Kier alpha value is -0.0500. The van der Waals surface area contributed by atoms with Gasteiger partial charge in [0.1, 0.15) is 0 Å². The standard InChI is InChI=1S/C6H10BrNO/c7-4-6(1-2-6)3-5(8)9/h1-4H2,(H2,8,9). The minimum absolute atomic E-state index is 0.174. The van der Waals surface area contributed by atoms with E-state index < -0.39 is 0 Å². The summed E-state index contributed by atoms with van der Waals surface area (Å²) in [6.07, 6.45) is 2.86. The van der Waals surface area contributed by atoms with Crippen molar-refractivity contribution in [3.8, 4) is 0 Å². The highest BCUT2D eigenvalue weighted by Crippen LogP contribution is 2.49. The van der Waals surface area contributed by atoms with Gasteiger partial charge in [0.2, 0.25) is 5.91 Å². The molecule has 0 heterocycles. The van der Waals surface area contributed by atoms with E-state index in [9.17, 15) is 4.79 Å². The summed E-state index contributed by atoms with van der Waals surface area (Å²) in [5, 5.41) is 0.920. The number of alkyl halides is 1. The average molecular weight is 192 g/mol. The molecule has 0 spiro atoms. The molecule has 1 aliphatic rings. The van der Waals surface area contributed by atoms with Crippen molar-refractivity contribution in [3.63, 3.8) is 0 Å². The molecule has 52 valence electrons. The van der Waals surface area contributed by atoms with Crippen LogP contribution in [0.4, 0.5) is 0 Å². The van der Waals surface area contributed by atoms with E-state index in [0.29, 0.717) is 6.42 Å². The van der Waals surface area contributed by atoms with Crippen LogP contribution in [0.25, 0.3) is 0 Å². The van der Waals surface area contributed by atoms with Crippen LogP contribution in [0.5, 0.6) is 0 Å². The number of halogens is 1. The van der Waals surface area contributed by atoms with Crippen molar-refractivity contribution in [2.75, 3.05) is 5.33 Å². The first-order chi connectivity index (χ1) is 4.18. The summed E-state index contributed by atoms with van der Waals surface area (Å²) in [6.45, 7) is 0. The fourth-order valence-electron chi connectivity index (χ4n) is 0.904. The summed E-state index contributed by atoms with van der Waals surface area (Å²) in [7, 11) is 0. The zero-order valence-electron chi connectivity index (χ0n) is 5.19. The molecule has 0 aromatic carbocycles. The normalized spacial score (nSPS) is 21.4. The summed E-state index contributed by atoms with van der Waals surface area (Å²) in [5.41, 5.74) is 5.29. The van der Waals surface area contributed by atoms with E-state index in [1.807, 2.05) is 0 Å². The lowest BCUT2D eigenvalue weighted by Crippen LogP contribution is -2.17. The van der Waals surface area contributed by atoms with E-state index in [1.165, 1.54) is 0 Å². The highest BCUT2D eigenvalue weighted by Gasteiger charge is 2.42. The molecule has 1 aliphatic carbocycles. The van der Waals surface area contributed by atoms with Crippen LogP contribution in [-0.2, 0) is 4.79 Å². The van der Waals surface area contributed by atoms with Gasteiger partial charge in [-0.2, -0.15) is 0 Å². The van der Waals surface area contributed by atoms with Gasteiger partial charge in [0.25, 0.3) is 0 Å². The van der Waals surface area contributed by atoms with E-state index in [1.54, 1.807) is 0 Å². The van der Waals surface area contributed by atoms with Gasteiger partial charge in [-0.1, -0.05) is 15.9 Å². The van der Waals surface area contributed by atoms with Gasteiger partial charge >= 0.3 is 0 Å². The van der Waals surface area contributed by atoms with Crippen molar-refractivity contribution in [1.82, 2.24) is 0 Å². The highest BCUT2D eigenvalue weighted by atomic mass is 79.9. The second-order valence-corrected chi connectivity index (χ2v) is 3.34. The van der Waals surface area contributed by atoms with Crippen molar-refractivity contribution in [3.05, 3.63) is 0 Å². The highest BCUT2D eigenvalue weighted by molar-refractivity contribution is 9.09. The van der Waals surface area contributed by atoms with Gasteiger partial charge < -0.3 is 5.73 Å². The number of hydrogen-bond donors (Lipinski definition) is 1. The average Bonchev–Trinajstić information content (AvgIpc) is 2.48. The van der Waals surface area contributed by atoms with E-state index >= 15 is 0 Å². The van der Waals surface area contributed by atoms with Crippen LogP contribution in [0.2, 0.25) is 0 Å². The third kappa shape index (κ3) is 1.68. The Morgan fingerprint density at radius 2 is 2.22 bits per heavy atom. The van der Waals surface area contributed by atoms with Crippen molar-refractivity contribution >= 4 is 21.8 Å². The fourth-order valence-corrected chi connectivity index (χ4v) is 1.66. The van der Waals surface area contributed by atoms with Gasteiger partial charge in [-0.05, 0) is 18.3 Å². The second-order valence-electron chi connectivity index (χ2n) is 2.78. The van der Waals surface area contributed by atoms with Crippen molar-refractivity contribution in [2.24, 2.45) is 11.1 Å². The minimum Gasteiger partial charge on any atom is -0.370 e. The molecular formula is C6H10BrNO. The summed E-state index contributed by atoms with van der Waals surface area (Å²) in [6, 6.07) is 0. The quantitative estimate of drug-likeness (QED) is 0.667. The Morgan fingerprint density at radius 1 is 1.67 bits per heavy atom. The lowest BCUT2D eigenvalue weighted by Gasteiger charge is -2.05. The number of carbonyl (C=O) groups is 1. The molecule has 9 heavy (non-hydrogen) atoms. The van der Waals surface area contributed by atoms with E-state index in [0.717, 1.165) is 18.2 Å². The van der Waals surface area contributed by atoms with Crippen LogP contribution in [0, 0.1) is 5.41 Å². The molecule has 1 saturated carbocycles. The number of carbonyl (C=O) groups excluding carboxylic acids is 1. The van der Waals surface area contributed by atoms with Crippen LogP contribution in [0.15, 0.2) is 0 Å². The molecule has 0 aromatic heterocycles. The smallest absolute Gasteiger partial charge is 0.218 e. The molecule has 2 nitrogen and oxygen atoms in total. The molecule has 1 fully saturated rings. The number of amides is 1. The van der Waals surface area contributed by atoms with Gasteiger partial charge in [-0.25, -0.2) is 0 Å². The van der Waals surface area contributed by atoms with Crippen LogP contribution in [0.1, 0.15) is 19.3 Å². The number of nitrogens with two attached hydrogens (primary N) is 1. The molecule has 0 aliphatic heterocycles. The van der Waals surface area contributed by atoms with Crippen LogP contribution in [0.3, 0.4) is 0 Å². The zero-order valence-corrected chi connectivity index (χ0v) is 6.78. The Labute approximate surface area is 62.9 Å². The van der Waals surface area contributed by atoms with Gasteiger partial charge in [-0.3, -0.25) is 4.79 Å². The summed E-state index contributed by atoms with van der Waals surface area (Å²) >= 11 is 3.35. The third-order valence-electron chi connectivity index (χ3n) is 1.79. The van der Waals surface area contributed by atoms with Crippen LogP contribution < -0.4 is 5.73 Å². The molecule has 0 atom stereocenters. The predicted molar refractivity (Wildman–Crippen MR) is 39.3 cm³/mol. The summed E-state index contributed by atoms with van der Waals surface area (Å²) in [4.78, 5) is 10.4. The Morgan fingerprint density at radius 3 is 2.33 bits per heavy atom. The van der Waals surface area contributed by atoms with Gasteiger partial charge in [0, 0.05) is 11.8 Å². The third-order valence-corrected chi connectivity index (χ3v) is 2.98. The maximum absolute atomic E-state index is 10.4. The van der Waals surface area contributed by atoms with E-state index in [-0.39, 0.29) is 11.3 Å². The Bertz CT molecular complexity index is 131. The molecule has 0 bridgehead atoms. The maximum atomic E-state index is 10.4. The molecule has 0 radical (unpaired) electrons. The number of rotatable bonds is 3. The van der Waals surface area contributed by atoms with Gasteiger partial charge in [0.05, 0.1) is 0 Å². The van der Waals surface area contributed by atoms with Crippen molar-refractivity contribution in [1.29, 1.82) is 0 Å². The monoisotopic (exact) mass is 191 g/mol. The predicted octanol–water partition coefficient (Wildman–Crippen LogP) is 1.04. The molecule has 1 rings (SSSR count). The second kappa shape index (κ2) is 2.29. The topological polar surface area (TPSA) is 43.1 Å². The van der Waals surface area contributed by atoms with Crippen molar-refractivity contribution < 1.29 is 4.79 Å². The largest absolute Gasteiger partial charge is 0.370 e. The lowest BCUT2D eigenvalue weighted by atomic mass is 10.1. The minimum atomic E-state index is -0.174. The van der Waals surface area contributed by atoms with Crippen molar-refractivity contribution in [2.45, 2.75) is 19.3 Å². The van der Waals surface area contributed by atoms with E-state index in [4.69, 9.17) is 5.73 Å². The molecule has 1 amide bonds. The molecule has 0 unspecified atom stereocenters. The first kappa shape index (κ1) is 7.06. The van der Waals surface area contributed by atoms with Crippen LogP contribution in [-0.4, -0.2) is 11.2 Å². The molecule has 0 saturated heterocycles. The Kier molecular flexibility index (Phi) is 1.80. The summed E-state index contributed by atoms with van der Waals surface area (Å²) in [5.74, 6) is -0.174. The zero-order chi connectivity index (χ0) is 6.91. The van der Waals surface area contributed by atoms with Crippen LogP contribution >= 0.6 is 15.9 Å². The molecule has 2 N–H and O–H groups in total. The molecule has 0 aromatic rings.